The molecule has 1 aromatic heterocycles. The first-order valence-electron chi connectivity index (χ1n) is 6.24. The summed E-state index contributed by atoms with van der Waals surface area (Å²) in [7, 11) is 0. The molecule has 0 fully saturated rings. The summed E-state index contributed by atoms with van der Waals surface area (Å²) in [6.45, 7) is 0.478. The molecule has 0 aliphatic rings. The van der Waals surface area contributed by atoms with E-state index in [-0.39, 0.29) is 0 Å². The molecule has 4 heteroatoms. The minimum Gasteiger partial charge on any atom is -0.488 e. The summed E-state index contributed by atoms with van der Waals surface area (Å²) in [4.78, 5) is 4.32. The van der Waals surface area contributed by atoms with E-state index in [1.807, 2.05) is 48.5 Å². The number of nitrogen functional groups attached to an aromatic ring is 1. The molecule has 0 saturated carbocycles. The lowest BCUT2D eigenvalue weighted by Crippen LogP contribution is -1.98. The maximum Gasteiger partial charge on any atom is 0.129 e. The molecule has 0 aliphatic carbocycles. The highest BCUT2D eigenvalue weighted by Crippen LogP contribution is 2.25. The minimum absolute atomic E-state index is 0.478. The predicted octanol–water partition coefficient (Wildman–Crippen LogP) is 4.16. The second kappa shape index (κ2) is 5.51. The minimum atomic E-state index is 0.478. The summed E-state index contributed by atoms with van der Waals surface area (Å²) in [5, 5.41) is 1.01. The summed E-state index contributed by atoms with van der Waals surface area (Å²) in [6, 6.07) is 15.6. The van der Waals surface area contributed by atoms with Gasteiger partial charge in [0.25, 0.3) is 0 Å². The highest BCUT2D eigenvalue weighted by molar-refractivity contribution is 9.10. The fourth-order valence-electron chi connectivity index (χ4n) is 2.05. The Bertz CT molecular complexity index is 753. The van der Waals surface area contributed by atoms with Crippen LogP contribution in [0.1, 0.15) is 5.56 Å². The maximum absolute atomic E-state index is 5.89. The van der Waals surface area contributed by atoms with E-state index in [0.29, 0.717) is 12.3 Å². The quantitative estimate of drug-likeness (QED) is 0.734. The average Bonchev–Trinajstić information content (AvgIpc) is 2.48. The average molecular weight is 329 g/mol. The van der Waals surface area contributed by atoms with Crippen molar-refractivity contribution in [2.24, 2.45) is 0 Å². The van der Waals surface area contributed by atoms with Crippen molar-refractivity contribution in [3.8, 4) is 5.75 Å². The van der Waals surface area contributed by atoms with Crippen LogP contribution in [0.15, 0.2) is 59.2 Å². The third kappa shape index (κ3) is 2.60. The Hall–Kier alpha value is -2.07. The van der Waals surface area contributed by atoms with Crippen molar-refractivity contribution in [2.45, 2.75) is 6.61 Å². The standard InChI is InChI=1S/C16H13BrN2O/c17-13-7-6-11(9-14(13)18)10-20-16-5-1-4-15-12(16)3-2-8-19-15/h1-9H,10,18H2. The number of anilines is 1. The monoisotopic (exact) mass is 328 g/mol. The number of halogens is 1. The predicted molar refractivity (Wildman–Crippen MR) is 84.6 cm³/mol. The lowest BCUT2D eigenvalue weighted by molar-refractivity contribution is 0.310. The van der Waals surface area contributed by atoms with Crippen molar-refractivity contribution in [3.05, 3.63) is 64.8 Å². The van der Waals surface area contributed by atoms with Gasteiger partial charge in [0.1, 0.15) is 12.4 Å². The first kappa shape index (κ1) is 12.9. The van der Waals surface area contributed by atoms with Crippen molar-refractivity contribution >= 4 is 32.5 Å². The number of aromatic nitrogens is 1. The van der Waals surface area contributed by atoms with E-state index in [1.54, 1.807) is 6.20 Å². The van der Waals surface area contributed by atoms with E-state index in [2.05, 4.69) is 20.9 Å². The van der Waals surface area contributed by atoms with Crippen LogP contribution in [-0.4, -0.2) is 4.98 Å². The van der Waals surface area contributed by atoms with Crippen LogP contribution in [0.5, 0.6) is 5.75 Å². The third-order valence-electron chi connectivity index (χ3n) is 3.06. The lowest BCUT2D eigenvalue weighted by Gasteiger charge is -2.10. The Balaban J connectivity index is 1.85. The normalized spacial score (nSPS) is 10.7. The summed E-state index contributed by atoms with van der Waals surface area (Å²) in [6.07, 6.45) is 1.78. The molecule has 0 unspecified atom stereocenters. The van der Waals surface area contributed by atoms with Crippen LogP contribution in [0.4, 0.5) is 5.69 Å². The van der Waals surface area contributed by atoms with Crippen LogP contribution < -0.4 is 10.5 Å². The van der Waals surface area contributed by atoms with Gasteiger partial charge in [0.15, 0.2) is 0 Å². The first-order chi connectivity index (χ1) is 9.74. The van der Waals surface area contributed by atoms with Gasteiger partial charge in [-0.1, -0.05) is 12.1 Å². The highest BCUT2D eigenvalue weighted by Gasteiger charge is 2.03. The zero-order valence-corrected chi connectivity index (χ0v) is 12.3. The molecule has 0 atom stereocenters. The van der Waals surface area contributed by atoms with E-state index < -0.39 is 0 Å². The van der Waals surface area contributed by atoms with E-state index in [1.165, 1.54) is 0 Å². The number of ether oxygens (including phenoxy) is 1. The van der Waals surface area contributed by atoms with Crippen molar-refractivity contribution < 1.29 is 4.74 Å². The summed E-state index contributed by atoms with van der Waals surface area (Å²) in [5.41, 5.74) is 8.55. The molecule has 1 heterocycles. The smallest absolute Gasteiger partial charge is 0.129 e. The Labute approximate surface area is 125 Å². The van der Waals surface area contributed by atoms with Crippen molar-refractivity contribution in [2.75, 3.05) is 5.73 Å². The van der Waals surface area contributed by atoms with Crippen LogP contribution in [-0.2, 0) is 6.61 Å². The number of hydrogen-bond donors (Lipinski definition) is 1. The van der Waals surface area contributed by atoms with Gasteiger partial charge in [0.2, 0.25) is 0 Å². The van der Waals surface area contributed by atoms with Gasteiger partial charge < -0.3 is 10.5 Å². The molecule has 0 saturated heterocycles. The summed E-state index contributed by atoms with van der Waals surface area (Å²) >= 11 is 3.38. The number of fused-ring (bicyclic) bond motifs is 1. The fraction of sp³-hybridized carbons (Fsp3) is 0.0625. The van der Waals surface area contributed by atoms with Crippen LogP contribution in [0.3, 0.4) is 0 Å². The van der Waals surface area contributed by atoms with Gasteiger partial charge >= 0.3 is 0 Å². The molecule has 0 spiro atoms. The largest absolute Gasteiger partial charge is 0.488 e. The molecule has 3 aromatic rings. The number of nitrogens with two attached hydrogens (primary N) is 1. The SMILES string of the molecule is Nc1cc(COc2cccc3ncccc23)ccc1Br. The van der Waals surface area contributed by atoms with E-state index in [4.69, 9.17) is 10.5 Å². The van der Waals surface area contributed by atoms with Gasteiger partial charge in [-0.25, -0.2) is 0 Å². The molecular weight excluding hydrogens is 316 g/mol. The van der Waals surface area contributed by atoms with Crippen molar-refractivity contribution in [1.29, 1.82) is 0 Å². The van der Waals surface area contributed by atoms with Gasteiger partial charge in [-0.15, -0.1) is 0 Å². The van der Waals surface area contributed by atoms with Crippen LogP contribution >= 0.6 is 15.9 Å². The van der Waals surface area contributed by atoms with Gasteiger partial charge in [-0.3, -0.25) is 4.98 Å². The molecule has 3 rings (SSSR count). The van der Waals surface area contributed by atoms with E-state index >= 15 is 0 Å². The second-order valence-electron chi connectivity index (χ2n) is 4.47. The third-order valence-corrected chi connectivity index (χ3v) is 3.78. The van der Waals surface area contributed by atoms with Crippen LogP contribution in [0, 0.1) is 0 Å². The molecule has 0 amide bonds. The Morgan fingerprint density at radius 2 is 2.00 bits per heavy atom. The van der Waals surface area contributed by atoms with Gasteiger partial charge in [0.05, 0.1) is 5.52 Å². The number of rotatable bonds is 3. The molecule has 3 nitrogen and oxygen atoms in total. The Morgan fingerprint density at radius 1 is 1.10 bits per heavy atom. The van der Waals surface area contributed by atoms with Gasteiger partial charge in [-0.05, 0) is 57.9 Å². The molecule has 0 bridgehead atoms. The topological polar surface area (TPSA) is 48.1 Å². The summed E-state index contributed by atoms with van der Waals surface area (Å²) < 4.78 is 6.79. The molecule has 20 heavy (non-hydrogen) atoms. The second-order valence-corrected chi connectivity index (χ2v) is 5.33. The van der Waals surface area contributed by atoms with Crippen LogP contribution in [0.2, 0.25) is 0 Å². The number of nitrogens with zero attached hydrogens (tertiary/aromatic N) is 1. The van der Waals surface area contributed by atoms with Crippen LogP contribution in [0.25, 0.3) is 10.9 Å². The number of pyridine rings is 1. The molecule has 0 aliphatic heterocycles. The van der Waals surface area contributed by atoms with Crippen molar-refractivity contribution in [3.63, 3.8) is 0 Å². The zero-order valence-electron chi connectivity index (χ0n) is 10.7. The van der Waals surface area contributed by atoms with E-state index in [9.17, 15) is 0 Å². The van der Waals surface area contributed by atoms with Crippen molar-refractivity contribution in [1.82, 2.24) is 4.98 Å². The molecule has 2 N–H and O–H groups in total. The molecule has 0 radical (unpaired) electrons. The molecular formula is C16H13BrN2O. The van der Waals surface area contributed by atoms with Gasteiger partial charge in [0, 0.05) is 21.7 Å². The zero-order chi connectivity index (χ0) is 13.9. The first-order valence-corrected chi connectivity index (χ1v) is 7.04. The highest BCUT2D eigenvalue weighted by atomic mass is 79.9. The number of benzene rings is 2. The summed E-state index contributed by atoms with van der Waals surface area (Å²) in [5.74, 6) is 0.831. The van der Waals surface area contributed by atoms with Gasteiger partial charge in [-0.2, -0.15) is 0 Å². The number of hydrogen-bond acceptors (Lipinski definition) is 3. The maximum atomic E-state index is 5.89. The van der Waals surface area contributed by atoms with E-state index in [0.717, 1.165) is 26.7 Å². The molecule has 100 valence electrons. The lowest BCUT2D eigenvalue weighted by atomic mass is 10.2. The fourth-order valence-corrected chi connectivity index (χ4v) is 2.29. The Kier molecular flexibility index (Phi) is 3.56. The molecule has 2 aromatic carbocycles. The Morgan fingerprint density at radius 3 is 2.85 bits per heavy atom.